The molecule has 0 rings (SSSR count). The van der Waals surface area contributed by atoms with Crippen molar-refractivity contribution in [1.29, 1.82) is 0 Å². The van der Waals surface area contributed by atoms with E-state index in [1.807, 2.05) is 6.08 Å². The maximum absolute atomic E-state index is 12.5. The third-order valence-corrected chi connectivity index (χ3v) is 9.50. The van der Waals surface area contributed by atoms with Gasteiger partial charge in [0.15, 0.2) is 0 Å². The topological polar surface area (TPSA) is 117 Å². The molecule has 0 saturated heterocycles. The highest BCUT2D eigenvalue weighted by Crippen LogP contribution is 2.43. The van der Waals surface area contributed by atoms with Crippen LogP contribution in [-0.2, 0) is 27.9 Å². The van der Waals surface area contributed by atoms with E-state index in [0.717, 1.165) is 64.2 Å². The summed E-state index contributed by atoms with van der Waals surface area (Å²) < 4.78 is 33.3. The van der Waals surface area contributed by atoms with Gasteiger partial charge in [-0.3, -0.25) is 13.8 Å². The molecule has 2 atom stereocenters. The van der Waals surface area contributed by atoms with Crippen LogP contribution >= 0.6 is 7.82 Å². The zero-order valence-corrected chi connectivity index (χ0v) is 36.2. The van der Waals surface area contributed by atoms with Gasteiger partial charge in [0.05, 0.1) is 26.2 Å². The minimum absolute atomic E-state index is 0.0634. The quantitative estimate of drug-likeness (QED) is 0.0272. The fraction of sp³-hybridized carbons (Fsp3) is 0.638. The molecule has 0 aromatic carbocycles. The Morgan fingerprint density at radius 3 is 1.50 bits per heavy atom. The van der Waals surface area contributed by atoms with Crippen molar-refractivity contribution >= 4 is 13.8 Å². The summed E-state index contributed by atoms with van der Waals surface area (Å²) in [6, 6.07) is 0. The Balaban J connectivity index is 4.16. The van der Waals surface area contributed by atoms with Crippen LogP contribution in [0, 0.1) is 0 Å². The van der Waals surface area contributed by atoms with Crippen molar-refractivity contribution in [2.45, 2.75) is 161 Å². The van der Waals surface area contributed by atoms with Crippen LogP contribution in [0.1, 0.15) is 155 Å². The van der Waals surface area contributed by atoms with Crippen LogP contribution in [0.4, 0.5) is 0 Å². The SMILES string of the molecule is CC/C=C\C/C=C\C/C=C\C/C=C\C/C=C\CC(=O)OC(COCCCCCCCCC/C=C\C/C=C\C/C=C\CCCCCCC)COP(=O)(O)OCCN. The van der Waals surface area contributed by atoms with Gasteiger partial charge in [0.25, 0.3) is 0 Å². The molecule has 2 unspecified atom stereocenters. The van der Waals surface area contributed by atoms with E-state index in [4.69, 9.17) is 24.3 Å². The molecule has 0 heterocycles. The second kappa shape index (κ2) is 43.5. The van der Waals surface area contributed by atoms with Crippen molar-refractivity contribution in [3.63, 3.8) is 0 Å². The van der Waals surface area contributed by atoms with Crippen LogP contribution in [0.2, 0.25) is 0 Å². The number of carbonyl (C=O) groups excluding carboxylic acids is 1. The maximum atomic E-state index is 12.5. The molecule has 0 radical (unpaired) electrons. The fourth-order valence-corrected chi connectivity index (χ4v) is 6.14. The molecule has 8 nitrogen and oxygen atoms in total. The van der Waals surface area contributed by atoms with Crippen molar-refractivity contribution in [2.75, 3.05) is 33.0 Å². The van der Waals surface area contributed by atoms with Crippen LogP contribution in [-0.4, -0.2) is 49.9 Å². The Hall–Kier alpha value is -2.58. The standard InChI is InChI=1S/C47H80NO7P/c1-3-5-7-9-11-13-15-17-19-20-21-22-23-24-25-27-29-31-33-35-37-39-42-52-44-46(45-54-56(50,51)53-43-41-48)55-47(49)40-38-36-34-32-30-28-26-18-16-14-12-10-8-6-4-2/h6,8,12,14-15,17-18,20-21,23-24,26,30,32,36,38,46H,3-5,7,9-11,13,16,19,22,25,27-29,31,33-35,37,39-45,48H2,1-2H3,(H,50,51)/b8-6-,14-12-,17-15-,21-20-,24-23-,26-18-,32-30-,38-36-. The van der Waals surface area contributed by atoms with E-state index in [-0.39, 0.29) is 32.8 Å². The van der Waals surface area contributed by atoms with Crippen molar-refractivity contribution < 1.29 is 32.8 Å². The van der Waals surface area contributed by atoms with Gasteiger partial charge in [-0.2, -0.15) is 0 Å². The second-order valence-electron chi connectivity index (χ2n) is 13.8. The number of carbonyl (C=O) groups is 1. The molecule has 3 N–H and O–H groups in total. The second-order valence-corrected chi connectivity index (χ2v) is 15.3. The van der Waals surface area contributed by atoms with Crippen molar-refractivity contribution in [1.82, 2.24) is 0 Å². The zero-order valence-electron chi connectivity index (χ0n) is 35.3. The van der Waals surface area contributed by atoms with Gasteiger partial charge in [0, 0.05) is 13.2 Å². The lowest BCUT2D eigenvalue weighted by atomic mass is 10.1. The molecule has 320 valence electrons. The summed E-state index contributed by atoms with van der Waals surface area (Å²) in [5, 5.41) is 0. The smallest absolute Gasteiger partial charge is 0.457 e. The van der Waals surface area contributed by atoms with Crippen molar-refractivity contribution in [3.05, 3.63) is 97.2 Å². The lowest BCUT2D eigenvalue weighted by Crippen LogP contribution is -2.28. The number of allylic oxidation sites excluding steroid dienone is 15. The average molecular weight is 802 g/mol. The van der Waals surface area contributed by atoms with Gasteiger partial charge in [0.1, 0.15) is 6.10 Å². The zero-order chi connectivity index (χ0) is 40.9. The van der Waals surface area contributed by atoms with E-state index >= 15 is 0 Å². The molecule has 0 aromatic heterocycles. The molecule has 9 heteroatoms. The number of hydrogen-bond donors (Lipinski definition) is 2. The minimum atomic E-state index is -4.31. The highest BCUT2D eigenvalue weighted by Gasteiger charge is 2.25. The lowest BCUT2D eigenvalue weighted by Gasteiger charge is -2.19. The molecule has 0 amide bonds. The summed E-state index contributed by atoms with van der Waals surface area (Å²) in [6.07, 6.45) is 57.5. The summed E-state index contributed by atoms with van der Waals surface area (Å²) in [5.74, 6) is -0.464. The number of rotatable bonds is 40. The summed E-state index contributed by atoms with van der Waals surface area (Å²) >= 11 is 0. The Kier molecular flexibility index (Phi) is 41.5. The number of phosphoric acid groups is 1. The Morgan fingerprint density at radius 2 is 1.00 bits per heavy atom. The van der Waals surface area contributed by atoms with Crippen LogP contribution < -0.4 is 5.73 Å². The van der Waals surface area contributed by atoms with Gasteiger partial charge in [-0.05, 0) is 77.0 Å². The first-order chi connectivity index (χ1) is 27.4. The number of esters is 1. The Labute approximate surface area is 342 Å². The molecule has 0 spiro atoms. The van der Waals surface area contributed by atoms with E-state index in [0.29, 0.717) is 13.0 Å². The normalized spacial score (nSPS) is 14.4. The summed E-state index contributed by atoms with van der Waals surface area (Å²) in [6.45, 7) is 4.61. The first kappa shape index (κ1) is 53.4. The first-order valence-electron chi connectivity index (χ1n) is 21.7. The van der Waals surface area contributed by atoms with Gasteiger partial charge < -0.3 is 20.1 Å². The van der Waals surface area contributed by atoms with Gasteiger partial charge in [-0.1, -0.05) is 169 Å². The van der Waals surface area contributed by atoms with Crippen molar-refractivity contribution in [2.24, 2.45) is 5.73 Å². The summed E-state index contributed by atoms with van der Waals surface area (Å²) in [5.41, 5.74) is 5.36. The fourth-order valence-electron chi connectivity index (χ4n) is 5.37. The van der Waals surface area contributed by atoms with E-state index in [2.05, 4.69) is 98.9 Å². The third-order valence-electron chi connectivity index (χ3n) is 8.52. The molecular weight excluding hydrogens is 721 g/mol. The Bertz CT molecular complexity index is 1170. The van der Waals surface area contributed by atoms with Gasteiger partial charge >= 0.3 is 13.8 Å². The number of phosphoric ester groups is 1. The Morgan fingerprint density at radius 1 is 0.554 bits per heavy atom. The third kappa shape index (κ3) is 42.6. The summed E-state index contributed by atoms with van der Waals surface area (Å²) in [7, 11) is -4.31. The van der Waals surface area contributed by atoms with Crippen LogP contribution in [0.5, 0.6) is 0 Å². The minimum Gasteiger partial charge on any atom is -0.457 e. The van der Waals surface area contributed by atoms with Gasteiger partial charge in [-0.25, -0.2) is 4.57 Å². The lowest BCUT2D eigenvalue weighted by molar-refractivity contribution is -0.153. The molecule has 56 heavy (non-hydrogen) atoms. The first-order valence-corrected chi connectivity index (χ1v) is 23.2. The van der Waals surface area contributed by atoms with E-state index in [1.165, 1.54) is 64.2 Å². The molecule has 0 aliphatic rings. The summed E-state index contributed by atoms with van der Waals surface area (Å²) in [4.78, 5) is 22.4. The maximum Gasteiger partial charge on any atom is 0.472 e. The molecule has 0 bridgehead atoms. The molecule has 0 aromatic rings. The number of unbranched alkanes of at least 4 members (excludes halogenated alkanes) is 12. The average Bonchev–Trinajstić information content (AvgIpc) is 3.19. The van der Waals surface area contributed by atoms with E-state index in [1.54, 1.807) is 6.08 Å². The van der Waals surface area contributed by atoms with Crippen molar-refractivity contribution in [3.8, 4) is 0 Å². The molecule has 0 saturated carbocycles. The van der Waals surface area contributed by atoms with E-state index < -0.39 is 19.9 Å². The number of ether oxygens (including phenoxy) is 2. The molecule has 0 fully saturated rings. The van der Waals surface area contributed by atoms with E-state index in [9.17, 15) is 14.3 Å². The largest absolute Gasteiger partial charge is 0.472 e. The van der Waals surface area contributed by atoms with Crippen LogP contribution in [0.25, 0.3) is 0 Å². The molecular formula is C47H80NO7P. The highest BCUT2D eigenvalue weighted by molar-refractivity contribution is 7.47. The molecule has 0 aliphatic heterocycles. The van der Waals surface area contributed by atoms with Crippen LogP contribution in [0.3, 0.4) is 0 Å². The van der Waals surface area contributed by atoms with Crippen LogP contribution in [0.15, 0.2) is 97.2 Å². The number of nitrogens with two attached hydrogens (primary N) is 1. The predicted molar refractivity (Wildman–Crippen MR) is 238 cm³/mol. The predicted octanol–water partition coefficient (Wildman–Crippen LogP) is 13.1. The number of hydrogen-bond acceptors (Lipinski definition) is 7. The monoisotopic (exact) mass is 802 g/mol. The highest BCUT2D eigenvalue weighted by atomic mass is 31.2. The van der Waals surface area contributed by atoms with Gasteiger partial charge in [0.2, 0.25) is 0 Å². The molecule has 0 aliphatic carbocycles. The van der Waals surface area contributed by atoms with Gasteiger partial charge in [-0.15, -0.1) is 0 Å².